The van der Waals surface area contributed by atoms with Crippen LogP contribution in [-0.2, 0) is 0 Å². The molecule has 1 heterocycles. The average molecular weight is 209 g/mol. The zero-order valence-corrected chi connectivity index (χ0v) is 9.53. The molecule has 0 fully saturated rings. The third kappa shape index (κ3) is 5.68. The molecular formula is C15H15N. The van der Waals surface area contributed by atoms with Gasteiger partial charge in [0.05, 0.1) is 0 Å². The zero-order chi connectivity index (χ0) is 11.5. The van der Waals surface area contributed by atoms with Crippen LogP contribution in [0.3, 0.4) is 0 Å². The molecule has 0 unspecified atom stereocenters. The minimum absolute atomic E-state index is 0.783. The summed E-state index contributed by atoms with van der Waals surface area (Å²) in [5, 5.41) is 0. The highest BCUT2D eigenvalue weighted by atomic mass is 14.6. The van der Waals surface area contributed by atoms with Crippen molar-refractivity contribution in [3.05, 3.63) is 42.2 Å². The topological polar surface area (TPSA) is 12.9 Å². The Morgan fingerprint density at radius 3 is 2.88 bits per heavy atom. The molecule has 1 aromatic rings. The van der Waals surface area contributed by atoms with Crippen molar-refractivity contribution < 1.29 is 0 Å². The summed E-state index contributed by atoms with van der Waals surface area (Å²) < 4.78 is 0. The molecule has 0 aliphatic rings. The highest BCUT2D eigenvalue weighted by Crippen LogP contribution is 1.90. The molecule has 0 aliphatic heterocycles. The van der Waals surface area contributed by atoms with E-state index in [1.165, 1.54) is 12.8 Å². The molecule has 16 heavy (non-hydrogen) atoms. The summed E-state index contributed by atoms with van der Waals surface area (Å²) in [4.78, 5) is 4.09. The highest BCUT2D eigenvalue weighted by Gasteiger charge is 1.80. The van der Waals surface area contributed by atoms with E-state index in [0.717, 1.165) is 12.1 Å². The summed E-state index contributed by atoms with van der Waals surface area (Å²) in [6.45, 7) is 2.16. The minimum Gasteiger partial charge on any atom is -0.248 e. The van der Waals surface area contributed by atoms with Crippen molar-refractivity contribution in [1.29, 1.82) is 0 Å². The lowest BCUT2D eigenvalue weighted by Gasteiger charge is -1.83. The number of unbranched alkanes of at least 4 members (excludes halogenated alkanes) is 2. The van der Waals surface area contributed by atoms with E-state index in [9.17, 15) is 0 Å². The number of hydrogen-bond donors (Lipinski definition) is 0. The van der Waals surface area contributed by atoms with Crippen LogP contribution in [-0.4, -0.2) is 4.98 Å². The first-order chi connectivity index (χ1) is 7.93. The lowest BCUT2D eigenvalue weighted by atomic mass is 10.2. The van der Waals surface area contributed by atoms with Gasteiger partial charge in [0, 0.05) is 12.6 Å². The van der Waals surface area contributed by atoms with Crippen LogP contribution in [0, 0.1) is 23.7 Å². The fourth-order valence-electron chi connectivity index (χ4n) is 1.03. The van der Waals surface area contributed by atoms with E-state index in [1.807, 2.05) is 18.2 Å². The van der Waals surface area contributed by atoms with E-state index >= 15 is 0 Å². The van der Waals surface area contributed by atoms with Gasteiger partial charge in [-0.05, 0) is 36.6 Å². The molecule has 0 saturated carbocycles. The highest BCUT2D eigenvalue weighted by molar-refractivity contribution is 5.33. The van der Waals surface area contributed by atoms with Crippen molar-refractivity contribution in [3.8, 4) is 23.7 Å². The minimum atomic E-state index is 0.783. The number of aromatic nitrogens is 1. The second-order valence-corrected chi connectivity index (χ2v) is 3.24. The summed E-state index contributed by atoms with van der Waals surface area (Å²) in [5.74, 6) is 11.8. The van der Waals surface area contributed by atoms with Gasteiger partial charge >= 0.3 is 0 Å². The lowest BCUT2D eigenvalue weighted by molar-refractivity contribution is 0.828. The number of hydrogen-bond acceptors (Lipinski definition) is 1. The average Bonchev–Trinajstić information content (AvgIpc) is 2.34. The normalized spacial score (nSPS) is 9.06. The number of nitrogens with zero attached hydrogens (tertiary/aromatic N) is 1. The SMILES string of the molecule is CCCCC#C/C=C\C#Cc1ccccn1. The molecule has 0 amide bonds. The van der Waals surface area contributed by atoms with Crippen LogP contribution in [0.5, 0.6) is 0 Å². The molecule has 0 spiro atoms. The molecular weight excluding hydrogens is 194 g/mol. The smallest absolute Gasteiger partial charge is 0.113 e. The molecule has 0 saturated heterocycles. The second kappa shape index (κ2) is 8.33. The van der Waals surface area contributed by atoms with Gasteiger partial charge in [0.25, 0.3) is 0 Å². The summed E-state index contributed by atoms with van der Waals surface area (Å²) >= 11 is 0. The third-order valence-electron chi connectivity index (χ3n) is 1.87. The van der Waals surface area contributed by atoms with Gasteiger partial charge in [-0.3, -0.25) is 0 Å². The van der Waals surface area contributed by atoms with Gasteiger partial charge < -0.3 is 0 Å². The van der Waals surface area contributed by atoms with Crippen molar-refractivity contribution in [2.45, 2.75) is 26.2 Å². The van der Waals surface area contributed by atoms with Gasteiger partial charge in [-0.1, -0.05) is 37.2 Å². The molecule has 1 heteroatoms. The summed E-state index contributed by atoms with van der Waals surface area (Å²) in [5.41, 5.74) is 0.783. The standard InChI is InChI=1S/C15H15N/c1-2-3-4-5-6-7-8-9-12-15-13-10-11-14-16-15/h7-8,10-11,13-14H,2-4H2,1H3/b8-7-. The van der Waals surface area contributed by atoms with Gasteiger partial charge in [-0.2, -0.15) is 0 Å². The van der Waals surface area contributed by atoms with Crippen LogP contribution in [0.25, 0.3) is 0 Å². The monoisotopic (exact) mass is 209 g/mol. The first-order valence-corrected chi connectivity index (χ1v) is 5.49. The molecule has 1 aromatic heterocycles. The molecule has 0 bridgehead atoms. The first kappa shape index (κ1) is 12.1. The lowest BCUT2D eigenvalue weighted by Crippen LogP contribution is -1.76. The van der Waals surface area contributed by atoms with Crippen LogP contribution >= 0.6 is 0 Å². The van der Waals surface area contributed by atoms with E-state index in [-0.39, 0.29) is 0 Å². The summed E-state index contributed by atoms with van der Waals surface area (Å²) in [6.07, 6.45) is 8.60. The van der Waals surface area contributed by atoms with Crippen molar-refractivity contribution in [3.63, 3.8) is 0 Å². The maximum Gasteiger partial charge on any atom is 0.113 e. The Labute approximate surface area is 97.6 Å². The molecule has 80 valence electrons. The molecule has 1 rings (SSSR count). The molecule has 0 radical (unpaired) electrons. The molecule has 0 N–H and O–H groups in total. The van der Waals surface area contributed by atoms with Gasteiger partial charge in [0.1, 0.15) is 5.69 Å². The molecule has 0 aliphatic carbocycles. The second-order valence-electron chi connectivity index (χ2n) is 3.24. The number of pyridine rings is 1. The Kier molecular flexibility index (Phi) is 6.29. The van der Waals surface area contributed by atoms with Crippen LogP contribution < -0.4 is 0 Å². The van der Waals surface area contributed by atoms with E-state index in [4.69, 9.17) is 0 Å². The fourth-order valence-corrected chi connectivity index (χ4v) is 1.03. The van der Waals surface area contributed by atoms with Crippen LogP contribution in [0.1, 0.15) is 31.9 Å². The summed E-state index contributed by atoms with van der Waals surface area (Å²) in [7, 11) is 0. The predicted molar refractivity (Wildman–Crippen MR) is 67.6 cm³/mol. The van der Waals surface area contributed by atoms with Crippen molar-refractivity contribution in [2.75, 3.05) is 0 Å². The predicted octanol–water partition coefficient (Wildman–Crippen LogP) is 3.18. The van der Waals surface area contributed by atoms with E-state index < -0.39 is 0 Å². The van der Waals surface area contributed by atoms with Gasteiger partial charge in [0.15, 0.2) is 0 Å². The largest absolute Gasteiger partial charge is 0.248 e. The maximum atomic E-state index is 4.09. The van der Waals surface area contributed by atoms with E-state index in [2.05, 4.69) is 35.6 Å². The van der Waals surface area contributed by atoms with Crippen molar-refractivity contribution in [2.24, 2.45) is 0 Å². The Morgan fingerprint density at radius 1 is 1.25 bits per heavy atom. The number of allylic oxidation sites excluding steroid dienone is 2. The third-order valence-corrected chi connectivity index (χ3v) is 1.87. The maximum absolute atomic E-state index is 4.09. The van der Waals surface area contributed by atoms with Crippen LogP contribution in [0.2, 0.25) is 0 Å². The van der Waals surface area contributed by atoms with Crippen molar-refractivity contribution in [1.82, 2.24) is 4.98 Å². The zero-order valence-electron chi connectivity index (χ0n) is 9.53. The van der Waals surface area contributed by atoms with Gasteiger partial charge in [-0.15, -0.1) is 0 Å². The molecule has 1 nitrogen and oxygen atoms in total. The molecule has 0 aromatic carbocycles. The Balaban J connectivity index is 2.36. The quantitative estimate of drug-likeness (QED) is 0.538. The first-order valence-electron chi connectivity index (χ1n) is 5.49. The van der Waals surface area contributed by atoms with Crippen LogP contribution in [0.4, 0.5) is 0 Å². The van der Waals surface area contributed by atoms with Crippen molar-refractivity contribution >= 4 is 0 Å². The van der Waals surface area contributed by atoms with E-state index in [0.29, 0.717) is 0 Å². The Morgan fingerprint density at radius 2 is 2.12 bits per heavy atom. The number of rotatable bonds is 2. The molecule has 0 atom stereocenters. The Hall–Kier alpha value is -1.99. The Bertz CT molecular complexity index is 435. The van der Waals surface area contributed by atoms with Crippen LogP contribution in [0.15, 0.2) is 36.5 Å². The fraction of sp³-hybridized carbons (Fsp3) is 0.267. The van der Waals surface area contributed by atoms with Gasteiger partial charge in [0.2, 0.25) is 0 Å². The van der Waals surface area contributed by atoms with Gasteiger partial charge in [-0.25, -0.2) is 4.98 Å². The van der Waals surface area contributed by atoms with E-state index in [1.54, 1.807) is 18.3 Å². The summed E-state index contributed by atoms with van der Waals surface area (Å²) in [6, 6.07) is 5.68.